The molecule has 0 spiro atoms. The fraction of sp³-hybridized carbons (Fsp3) is 0. The van der Waals surface area contributed by atoms with Crippen LogP contribution in [0.5, 0.6) is 0 Å². The summed E-state index contributed by atoms with van der Waals surface area (Å²) < 4.78 is 184. The van der Waals surface area contributed by atoms with Crippen molar-refractivity contribution in [3.8, 4) is 0 Å². The summed E-state index contributed by atoms with van der Waals surface area (Å²) in [4.78, 5) is 0. The normalized spacial score (nSPS) is 12.6. The van der Waals surface area contributed by atoms with E-state index in [1.54, 1.807) is 0 Å². The zero-order chi connectivity index (χ0) is 25.2. The first-order chi connectivity index (χ1) is 12.6. The van der Waals surface area contributed by atoms with Gasteiger partial charge >= 0.3 is 39.0 Å². The summed E-state index contributed by atoms with van der Waals surface area (Å²) in [6.45, 7) is 0. The number of hydrogen-bond donors (Lipinski definition) is 0. The fourth-order valence-electron chi connectivity index (χ4n) is 0.204. The van der Waals surface area contributed by atoms with E-state index in [4.69, 9.17) is 0 Å². The minimum absolute atomic E-state index is 0. The Hall–Kier alpha value is 0.467. The quantitative estimate of drug-likeness (QED) is 0.0690. The molecule has 0 heterocycles. The van der Waals surface area contributed by atoms with E-state index < -0.39 is 62.4 Å². The second-order valence-corrected chi connectivity index (χ2v) is 8.57. The maximum absolute atomic E-state index is 9.37. The van der Waals surface area contributed by atoms with Gasteiger partial charge in [0, 0.05) is 0 Å². The zero-order valence-corrected chi connectivity index (χ0v) is 21.3. The van der Waals surface area contributed by atoms with Gasteiger partial charge in [0.05, 0.1) is 0 Å². The van der Waals surface area contributed by atoms with E-state index in [1.165, 1.54) is 0 Å². The van der Waals surface area contributed by atoms with Crippen molar-refractivity contribution in [3.63, 3.8) is 0 Å². The first-order valence-corrected chi connectivity index (χ1v) is 12.5. The van der Waals surface area contributed by atoms with Crippen LogP contribution in [0.1, 0.15) is 0 Å². The predicted molar refractivity (Wildman–Crippen MR) is 64.7 cm³/mol. The molecule has 0 saturated carbocycles. The SMILES string of the molecule is O=S(=O)([O-])OOS(=O)(=O)[O-].O=S(=O)([O-])OOS(=O)(=O)[O-].O=S(=O)([O-])OOS(=O)(=O)[O-].[Ru+3].[Ru+3]. The van der Waals surface area contributed by atoms with Gasteiger partial charge in [-0.15, -0.1) is 26.0 Å². The predicted octanol–water partition coefficient (Wildman–Crippen LogP) is -6.44. The Morgan fingerprint density at radius 3 is 0.375 bits per heavy atom. The molecule has 0 saturated heterocycles. The molecule has 0 aromatic rings. The van der Waals surface area contributed by atoms with Gasteiger partial charge in [0.25, 0.3) is 0 Å². The van der Waals surface area contributed by atoms with Crippen molar-refractivity contribution in [2.24, 2.45) is 0 Å². The molecule has 0 N–H and O–H groups in total. The average Bonchev–Trinajstić information content (AvgIpc) is 2.38. The molecule has 0 bridgehead atoms. The van der Waals surface area contributed by atoms with Gasteiger partial charge in [-0.05, 0) is 0 Å². The van der Waals surface area contributed by atoms with Crippen molar-refractivity contribution >= 4 is 62.4 Å². The van der Waals surface area contributed by atoms with Crippen molar-refractivity contribution in [2.75, 3.05) is 0 Å². The molecule has 24 nitrogen and oxygen atoms in total. The first kappa shape index (κ1) is 42.6. The monoisotopic (exact) mass is 780 g/mol. The largest absolute Gasteiger partial charge is 3.00 e. The second kappa shape index (κ2) is 16.2. The maximum Gasteiger partial charge on any atom is 3.00 e. The Morgan fingerprint density at radius 1 is 0.281 bits per heavy atom. The minimum Gasteiger partial charge on any atom is -0.724 e. The molecule has 2 radical (unpaired) electrons. The third kappa shape index (κ3) is 57.4. The minimum atomic E-state index is -5.31. The maximum atomic E-state index is 9.37. The van der Waals surface area contributed by atoms with Gasteiger partial charge in [-0.2, -0.15) is 0 Å². The van der Waals surface area contributed by atoms with Gasteiger partial charge in [-0.25, -0.2) is 50.5 Å². The summed E-state index contributed by atoms with van der Waals surface area (Å²) in [6.07, 6.45) is 0. The fourth-order valence-corrected chi connectivity index (χ4v) is 1.84. The zero-order valence-electron chi connectivity index (χ0n) is 13.0. The molecule has 32 heteroatoms. The van der Waals surface area contributed by atoms with Crippen molar-refractivity contribution in [2.45, 2.75) is 0 Å². The molecular weight excluding hydrogens is 779 g/mol. The van der Waals surface area contributed by atoms with Crippen LogP contribution in [0.3, 0.4) is 0 Å². The molecule has 0 aromatic heterocycles. The van der Waals surface area contributed by atoms with Gasteiger partial charge in [0.1, 0.15) is 0 Å². The van der Waals surface area contributed by atoms with Crippen LogP contribution in [0.25, 0.3) is 0 Å². The third-order valence-electron chi connectivity index (χ3n) is 0.583. The van der Waals surface area contributed by atoms with E-state index in [9.17, 15) is 77.8 Å². The molecule has 0 atom stereocenters. The Labute approximate surface area is 204 Å². The van der Waals surface area contributed by atoms with Gasteiger partial charge < -0.3 is 27.3 Å². The van der Waals surface area contributed by atoms with Gasteiger partial charge in [-0.1, -0.05) is 0 Å². The van der Waals surface area contributed by atoms with E-state index in [-0.39, 0.29) is 39.0 Å². The van der Waals surface area contributed by atoms with Crippen molar-refractivity contribution in [1.29, 1.82) is 0 Å². The van der Waals surface area contributed by atoms with E-state index >= 15 is 0 Å². The van der Waals surface area contributed by atoms with E-state index in [0.29, 0.717) is 0 Å². The molecule has 0 rings (SSSR count). The summed E-state index contributed by atoms with van der Waals surface area (Å²) in [6, 6.07) is 0. The molecular formula is O24Ru2S6. The summed E-state index contributed by atoms with van der Waals surface area (Å²) in [5.74, 6) is 0. The van der Waals surface area contributed by atoms with Crippen molar-refractivity contribution < 1.29 is 143 Å². The van der Waals surface area contributed by atoms with Crippen LogP contribution in [-0.2, 0) is 127 Å². The molecule has 0 aliphatic heterocycles. The third-order valence-corrected chi connectivity index (χ3v) is 2.25. The van der Waals surface area contributed by atoms with Gasteiger partial charge in [-0.3, -0.25) is 0 Å². The molecule has 0 aromatic carbocycles. The molecule has 0 amide bonds. The number of rotatable bonds is 9. The average molecular weight is 779 g/mol. The van der Waals surface area contributed by atoms with Gasteiger partial charge in [0.2, 0.25) is 62.4 Å². The molecule has 0 unspecified atom stereocenters. The molecule has 32 heavy (non-hydrogen) atoms. The van der Waals surface area contributed by atoms with Crippen molar-refractivity contribution in [3.05, 3.63) is 0 Å². The molecule has 196 valence electrons. The standard InChI is InChI=1S/3H2O8S2.2Ru/c3*1-9(2,3)7-8-10(4,5)6;;/h3*(H,1,2,3)(H,4,5,6);;/q;;;2*+3/p-6. The Balaban J connectivity index is -0.000000110. The summed E-state index contributed by atoms with van der Waals surface area (Å²) in [5, 5.41) is 0. The Bertz CT molecular complexity index is 893. The Morgan fingerprint density at radius 2 is 0.344 bits per heavy atom. The van der Waals surface area contributed by atoms with Crippen molar-refractivity contribution in [1.82, 2.24) is 0 Å². The molecule has 0 aliphatic rings. The van der Waals surface area contributed by atoms with Crippen LogP contribution in [0.4, 0.5) is 0 Å². The summed E-state index contributed by atoms with van der Waals surface area (Å²) in [7, 11) is -31.9. The van der Waals surface area contributed by atoms with E-state index in [1.807, 2.05) is 0 Å². The summed E-state index contributed by atoms with van der Waals surface area (Å²) >= 11 is 0. The Kier molecular flexibility index (Phi) is 21.6. The number of hydrogen-bond acceptors (Lipinski definition) is 24. The first-order valence-electron chi connectivity index (χ1n) is 4.50. The molecule has 0 fully saturated rings. The second-order valence-electron chi connectivity index (χ2n) is 2.86. The van der Waals surface area contributed by atoms with Crippen LogP contribution < -0.4 is 0 Å². The molecule has 0 aliphatic carbocycles. The van der Waals surface area contributed by atoms with E-state index in [0.717, 1.165) is 0 Å². The topological polar surface area (TPSA) is 399 Å². The van der Waals surface area contributed by atoms with Gasteiger partial charge in [0.15, 0.2) is 0 Å². The van der Waals surface area contributed by atoms with Crippen LogP contribution in [0.2, 0.25) is 0 Å². The van der Waals surface area contributed by atoms with Crippen LogP contribution in [-0.4, -0.2) is 77.8 Å². The van der Waals surface area contributed by atoms with Crippen LogP contribution >= 0.6 is 0 Å². The smallest absolute Gasteiger partial charge is 0.724 e. The summed E-state index contributed by atoms with van der Waals surface area (Å²) in [5.41, 5.74) is 0. The van der Waals surface area contributed by atoms with E-state index in [2.05, 4.69) is 26.0 Å². The van der Waals surface area contributed by atoms with Crippen LogP contribution in [0, 0.1) is 0 Å². The van der Waals surface area contributed by atoms with Crippen LogP contribution in [0.15, 0.2) is 0 Å².